The normalized spacial score (nSPS) is 10.5. The molecular formula is C17H17N3O. The standard InChI is InChI=1S/C17H17N3O/c18-16-6-8-17(9-7-16)21-11-10-20-13-15(12-19-20)14-4-2-1-3-5-14/h1-9,12-13H,10-11,18H2. The summed E-state index contributed by atoms with van der Waals surface area (Å²) < 4.78 is 7.55. The molecule has 2 aromatic carbocycles. The summed E-state index contributed by atoms with van der Waals surface area (Å²) in [5.74, 6) is 0.819. The minimum atomic E-state index is 0.569. The van der Waals surface area contributed by atoms with Crippen molar-refractivity contribution in [1.82, 2.24) is 9.78 Å². The molecule has 106 valence electrons. The zero-order chi connectivity index (χ0) is 14.5. The van der Waals surface area contributed by atoms with Gasteiger partial charge in [-0.3, -0.25) is 4.68 Å². The minimum absolute atomic E-state index is 0.569. The smallest absolute Gasteiger partial charge is 0.119 e. The lowest BCUT2D eigenvalue weighted by molar-refractivity contribution is 0.291. The van der Waals surface area contributed by atoms with E-state index in [0.29, 0.717) is 13.2 Å². The second-order valence-corrected chi connectivity index (χ2v) is 4.78. The number of hydrogen-bond donors (Lipinski definition) is 1. The van der Waals surface area contributed by atoms with Crippen LogP contribution in [0.15, 0.2) is 67.0 Å². The number of nitrogens with two attached hydrogens (primary N) is 1. The van der Waals surface area contributed by atoms with Gasteiger partial charge in [0.05, 0.1) is 12.7 Å². The molecule has 0 bridgehead atoms. The molecule has 0 spiro atoms. The van der Waals surface area contributed by atoms with E-state index in [-0.39, 0.29) is 0 Å². The van der Waals surface area contributed by atoms with Crippen LogP contribution in [-0.4, -0.2) is 16.4 Å². The summed E-state index contributed by atoms with van der Waals surface area (Å²) in [7, 11) is 0. The van der Waals surface area contributed by atoms with Gasteiger partial charge in [-0.05, 0) is 29.8 Å². The molecule has 0 aliphatic heterocycles. The molecule has 2 N–H and O–H groups in total. The van der Waals surface area contributed by atoms with Crippen LogP contribution in [0.5, 0.6) is 5.75 Å². The van der Waals surface area contributed by atoms with E-state index in [0.717, 1.165) is 17.0 Å². The number of anilines is 1. The van der Waals surface area contributed by atoms with E-state index in [1.165, 1.54) is 5.56 Å². The van der Waals surface area contributed by atoms with Gasteiger partial charge in [-0.1, -0.05) is 30.3 Å². The van der Waals surface area contributed by atoms with E-state index in [4.69, 9.17) is 10.5 Å². The lowest BCUT2D eigenvalue weighted by Crippen LogP contribution is -2.08. The van der Waals surface area contributed by atoms with Crippen molar-refractivity contribution in [3.63, 3.8) is 0 Å². The number of ether oxygens (including phenoxy) is 1. The molecule has 3 rings (SSSR count). The zero-order valence-corrected chi connectivity index (χ0v) is 11.6. The Morgan fingerprint density at radius 3 is 2.48 bits per heavy atom. The van der Waals surface area contributed by atoms with Crippen molar-refractivity contribution in [2.45, 2.75) is 6.54 Å². The highest BCUT2D eigenvalue weighted by molar-refractivity contribution is 5.61. The quantitative estimate of drug-likeness (QED) is 0.730. The molecule has 4 nitrogen and oxygen atoms in total. The third-order valence-electron chi connectivity index (χ3n) is 3.21. The first-order valence-electron chi connectivity index (χ1n) is 6.87. The molecule has 0 radical (unpaired) electrons. The molecule has 1 heterocycles. The molecule has 21 heavy (non-hydrogen) atoms. The predicted octanol–water partition coefficient (Wildman–Crippen LogP) is 3.21. The van der Waals surface area contributed by atoms with Crippen molar-refractivity contribution in [2.24, 2.45) is 0 Å². The van der Waals surface area contributed by atoms with Crippen LogP contribution in [0.3, 0.4) is 0 Å². The molecule has 4 heteroatoms. The van der Waals surface area contributed by atoms with Crippen LogP contribution in [0.4, 0.5) is 5.69 Å². The van der Waals surface area contributed by atoms with Gasteiger partial charge in [-0.25, -0.2) is 0 Å². The molecule has 0 amide bonds. The average molecular weight is 279 g/mol. The van der Waals surface area contributed by atoms with Gasteiger partial charge in [0, 0.05) is 17.4 Å². The summed E-state index contributed by atoms with van der Waals surface area (Å²) in [5.41, 5.74) is 8.66. The number of hydrogen-bond acceptors (Lipinski definition) is 3. The van der Waals surface area contributed by atoms with Crippen molar-refractivity contribution < 1.29 is 4.74 Å². The number of nitrogen functional groups attached to an aromatic ring is 1. The van der Waals surface area contributed by atoms with E-state index in [9.17, 15) is 0 Å². The highest BCUT2D eigenvalue weighted by Crippen LogP contribution is 2.17. The summed E-state index contributed by atoms with van der Waals surface area (Å²) in [6.45, 7) is 1.27. The number of aromatic nitrogens is 2. The van der Waals surface area contributed by atoms with E-state index in [1.54, 1.807) is 0 Å². The molecule has 0 fully saturated rings. The summed E-state index contributed by atoms with van der Waals surface area (Å²) in [6, 6.07) is 17.6. The molecule has 0 unspecified atom stereocenters. The maximum atomic E-state index is 5.66. The van der Waals surface area contributed by atoms with Gasteiger partial charge < -0.3 is 10.5 Å². The first-order chi connectivity index (χ1) is 10.3. The van der Waals surface area contributed by atoms with Gasteiger partial charge in [0.2, 0.25) is 0 Å². The van der Waals surface area contributed by atoms with Gasteiger partial charge >= 0.3 is 0 Å². The largest absolute Gasteiger partial charge is 0.492 e. The van der Waals surface area contributed by atoms with Crippen molar-refractivity contribution in [3.05, 3.63) is 67.0 Å². The summed E-state index contributed by atoms with van der Waals surface area (Å²) in [6.07, 6.45) is 3.90. The lowest BCUT2D eigenvalue weighted by atomic mass is 10.1. The van der Waals surface area contributed by atoms with E-state index in [1.807, 2.05) is 59.5 Å². The highest BCUT2D eigenvalue weighted by Gasteiger charge is 2.01. The van der Waals surface area contributed by atoms with Gasteiger partial charge in [0.1, 0.15) is 12.4 Å². The van der Waals surface area contributed by atoms with Crippen LogP contribution in [0.2, 0.25) is 0 Å². The Kier molecular flexibility index (Phi) is 3.87. The molecule has 1 aromatic heterocycles. The minimum Gasteiger partial charge on any atom is -0.492 e. The summed E-state index contributed by atoms with van der Waals surface area (Å²) in [4.78, 5) is 0. The number of rotatable bonds is 5. The Labute approximate surface area is 123 Å². The van der Waals surface area contributed by atoms with E-state index >= 15 is 0 Å². The van der Waals surface area contributed by atoms with Gasteiger partial charge in [0.15, 0.2) is 0 Å². The number of nitrogens with zero attached hydrogens (tertiary/aromatic N) is 2. The van der Waals surface area contributed by atoms with E-state index in [2.05, 4.69) is 17.2 Å². The summed E-state index contributed by atoms with van der Waals surface area (Å²) >= 11 is 0. The third kappa shape index (κ3) is 3.42. The fourth-order valence-corrected chi connectivity index (χ4v) is 2.09. The van der Waals surface area contributed by atoms with Crippen molar-refractivity contribution in [3.8, 4) is 16.9 Å². The Bertz CT molecular complexity index is 690. The first kappa shape index (κ1) is 13.2. The van der Waals surface area contributed by atoms with Crippen molar-refractivity contribution >= 4 is 5.69 Å². The zero-order valence-electron chi connectivity index (χ0n) is 11.6. The predicted molar refractivity (Wildman–Crippen MR) is 84.0 cm³/mol. The topological polar surface area (TPSA) is 53.1 Å². The lowest BCUT2D eigenvalue weighted by Gasteiger charge is -2.06. The maximum Gasteiger partial charge on any atom is 0.119 e. The van der Waals surface area contributed by atoms with Gasteiger partial charge in [-0.15, -0.1) is 0 Å². The van der Waals surface area contributed by atoms with Crippen molar-refractivity contribution in [2.75, 3.05) is 12.3 Å². The fraction of sp³-hybridized carbons (Fsp3) is 0.118. The van der Waals surface area contributed by atoms with Crippen LogP contribution in [0.25, 0.3) is 11.1 Å². The van der Waals surface area contributed by atoms with Crippen LogP contribution in [0.1, 0.15) is 0 Å². The molecule has 0 atom stereocenters. The van der Waals surface area contributed by atoms with Crippen LogP contribution < -0.4 is 10.5 Å². The Morgan fingerprint density at radius 2 is 1.71 bits per heavy atom. The monoisotopic (exact) mass is 279 g/mol. The second kappa shape index (κ2) is 6.13. The Balaban J connectivity index is 1.57. The van der Waals surface area contributed by atoms with Gasteiger partial charge in [-0.2, -0.15) is 5.10 Å². The molecular weight excluding hydrogens is 262 g/mol. The van der Waals surface area contributed by atoms with Crippen molar-refractivity contribution in [1.29, 1.82) is 0 Å². The van der Waals surface area contributed by atoms with Crippen LogP contribution in [0, 0.1) is 0 Å². The first-order valence-corrected chi connectivity index (χ1v) is 6.87. The Hall–Kier alpha value is -2.75. The number of benzene rings is 2. The average Bonchev–Trinajstić information content (AvgIpc) is 2.99. The SMILES string of the molecule is Nc1ccc(OCCn2cc(-c3ccccc3)cn2)cc1. The molecule has 0 saturated carbocycles. The molecule has 3 aromatic rings. The van der Waals surface area contributed by atoms with Crippen LogP contribution in [-0.2, 0) is 6.54 Å². The molecule has 0 aliphatic rings. The summed E-state index contributed by atoms with van der Waals surface area (Å²) in [5, 5.41) is 4.35. The fourth-order valence-electron chi connectivity index (χ4n) is 2.09. The maximum absolute atomic E-state index is 5.66. The van der Waals surface area contributed by atoms with E-state index < -0.39 is 0 Å². The second-order valence-electron chi connectivity index (χ2n) is 4.78. The molecule has 0 saturated heterocycles. The third-order valence-corrected chi connectivity index (χ3v) is 3.21. The molecule has 0 aliphatic carbocycles. The van der Waals surface area contributed by atoms with Crippen LogP contribution >= 0.6 is 0 Å². The Morgan fingerprint density at radius 1 is 0.952 bits per heavy atom. The van der Waals surface area contributed by atoms with Gasteiger partial charge in [0.25, 0.3) is 0 Å². The highest BCUT2D eigenvalue weighted by atomic mass is 16.5.